The molecule has 6 heteroatoms. The van der Waals surface area contributed by atoms with E-state index in [9.17, 15) is 14.7 Å². The molecule has 2 unspecified atom stereocenters. The lowest BCUT2D eigenvalue weighted by Crippen LogP contribution is -2.45. The van der Waals surface area contributed by atoms with E-state index in [2.05, 4.69) is 0 Å². The Balaban J connectivity index is 2.37. The van der Waals surface area contributed by atoms with Crippen LogP contribution in [0, 0.1) is 6.92 Å². The first-order valence-corrected chi connectivity index (χ1v) is 8.32. The van der Waals surface area contributed by atoms with Gasteiger partial charge in [-0.05, 0) is 25.0 Å². The summed E-state index contributed by atoms with van der Waals surface area (Å²) < 4.78 is 0. The molecule has 0 spiro atoms. The lowest BCUT2D eigenvalue weighted by atomic mass is 10.1. The first kappa shape index (κ1) is 16.2. The van der Waals surface area contributed by atoms with Gasteiger partial charge in [-0.15, -0.1) is 11.8 Å². The summed E-state index contributed by atoms with van der Waals surface area (Å²) in [5.41, 5.74) is 1.19. The average molecular weight is 328 g/mol. The molecule has 1 fully saturated rings. The number of thioether (sulfide) groups is 1. The Kier molecular flexibility index (Phi) is 5.17. The number of amides is 1. The van der Waals surface area contributed by atoms with Crippen LogP contribution in [0.2, 0.25) is 5.02 Å². The van der Waals surface area contributed by atoms with Crippen molar-refractivity contribution in [3.63, 3.8) is 0 Å². The van der Waals surface area contributed by atoms with Crippen LogP contribution in [0.4, 0.5) is 0 Å². The largest absolute Gasteiger partial charge is 0.480 e. The number of carbonyl (C=O) groups excluding carboxylic acids is 1. The van der Waals surface area contributed by atoms with Gasteiger partial charge in [0, 0.05) is 5.75 Å². The van der Waals surface area contributed by atoms with Crippen LogP contribution >= 0.6 is 23.4 Å². The van der Waals surface area contributed by atoms with E-state index in [1.165, 1.54) is 16.7 Å². The van der Waals surface area contributed by atoms with E-state index in [0.717, 1.165) is 18.4 Å². The zero-order valence-electron chi connectivity index (χ0n) is 12.0. The molecule has 0 bridgehead atoms. The lowest BCUT2D eigenvalue weighted by molar-refractivity contribution is -0.141. The van der Waals surface area contributed by atoms with Gasteiger partial charge in [0.15, 0.2) is 0 Å². The van der Waals surface area contributed by atoms with Crippen molar-refractivity contribution in [3.05, 3.63) is 34.3 Å². The van der Waals surface area contributed by atoms with Crippen LogP contribution in [0.1, 0.15) is 35.7 Å². The first-order valence-electron chi connectivity index (χ1n) is 6.89. The monoisotopic (exact) mass is 327 g/mol. The summed E-state index contributed by atoms with van der Waals surface area (Å²) in [4.78, 5) is 25.7. The molecular weight excluding hydrogens is 310 g/mol. The van der Waals surface area contributed by atoms with Crippen LogP contribution in [0.25, 0.3) is 0 Å². The van der Waals surface area contributed by atoms with E-state index in [1.807, 2.05) is 19.9 Å². The Labute approximate surface area is 133 Å². The summed E-state index contributed by atoms with van der Waals surface area (Å²) in [5.74, 6) is -0.826. The molecule has 1 aromatic carbocycles. The normalized spacial score (nSPS) is 21.6. The molecule has 4 nitrogen and oxygen atoms in total. The van der Waals surface area contributed by atoms with Gasteiger partial charge in [-0.2, -0.15) is 0 Å². The first-order chi connectivity index (χ1) is 9.97. The van der Waals surface area contributed by atoms with Crippen LogP contribution in [-0.4, -0.2) is 39.1 Å². The maximum Gasteiger partial charge on any atom is 0.327 e. The van der Waals surface area contributed by atoms with E-state index in [4.69, 9.17) is 11.6 Å². The summed E-state index contributed by atoms with van der Waals surface area (Å²) in [6.45, 7) is 3.85. The molecule has 114 valence electrons. The predicted octanol–water partition coefficient (Wildman–Crippen LogP) is 3.42. The molecule has 0 aromatic heterocycles. The van der Waals surface area contributed by atoms with Crippen molar-refractivity contribution >= 4 is 35.2 Å². The van der Waals surface area contributed by atoms with Crippen molar-refractivity contribution in [1.82, 2.24) is 4.90 Å². The van der Waals surface area contributed by atoms with Gasteiger partial charge < -0.3 is 10.0 Å². The smallest absolute Gasteiger partial charge is 0.327 e. The highest BCUT2D eigenvalue weighted by molar-refractivity contribution is 8.00. The molecule has 1 N–H and O–H groups in total. The molecule has 2 rings (SSSR count). The number of benzene rings is 1. The topological polar surface area (TPSA) is 57.6 Å². The quantitative estimate of drug-likeness (QED) is 0.920. The third-order valence-electron chi connectivity index (χ3n) is 3.57. The Hall–Kier alpha value is -1.20. The maximum absolute atomic E-state index is 12.8. The third-order valence-corrected chi connectivity index (χ3v) is 5.43. The fraction of sp³-hybridized carbons (Fsp3) is 0.467. The Bertz CT molecular complexity index is 564. The number of carboxylic acid groups (broad SMARTS) is 1. The number of nitrogens with zero attached hydrogens (tertiary/aromatic N) is 1. The van der Waals surface area contributed by atoms with Gasteiger partial charge in [0.1, 0.15) is 6.04 Å². The lowest BCUT2D eigenvalue weighted by Gasteiger charge is -2.27. The standard InChI is InChI=1S/C15H18ClNO3S/c1-3-5-12-17(11(8-21-12)15(19)20)14(18)10-7-4-6-9(2)13(10)16/h4,6-7,11-12H,3,5,8H2,1-2H3,(H,19,20). The SMILES string of the molecule is CCCC1SCC(C(=O)O)N1C(=O)c1cccc(C)c1Cl. The van der Waals surface area contributed by atoms with Gasteiger partial charge >= 0.3 is 5.97 Å². The highest BCUT2D eigenvalue weighted by Gasteiger charge is 2.41. The summed E-state index contributed by atoms with van der Waals surface area (Å²) in [7, 11) is 0. The van der Waals surface area contributed by atoms with Gasteiger partial charge in [0.2, 0.25) is 0 Å². The van der Waals surface area contributed by atoms with E-state index in [0.29, 0.717) is 16.3 Å². The van der Waals surface area contributed by atoms with Crippen molar-refractivity contribution in [2.75, 3.05) is 5.75 Å². The molecule has 0 saturated carbocycles. The highest BCUT2D eigenvalue weighted by atomic mass is 35.5. The molecule has 2 atom stereocenters. The number of rotatable bonds is 4. The third kappa shape index (κ3) is 3.19. The average Bonchev–Trinajstić information content (AvgIpc) is 2.85. The summed E-state index contributed by atoms with van der Waals surface area (Å²) in [6, 6.07) is 4.47. The summed E-state index contributed by atoms with van der Waals surface area (Å²) in [6.07, 6.45) is 1.68. The number of carboxylic acids is 1. The molecule has 1 heterocycles. The number of halogens is 1. The summed E-state index contributed by atoms with van der Waals surface area (Å²) >= 11 is 7.74. The zero-order chi connectivity index (χ0) is 15.6. The van der Waals surface area contributed by atoms with Gasteiger partial charge in [-0.1, -0.05) is 37.1 Å². The Morgan fingerprint density at radius 3 is 2.81 bits per heavy atom. The fourth-order valence-corrected chi connectivity index (χ4v) is 4.17. The Morgan fingerprint density at radius 2 is 2.19 bits per heavy atom. The van der Waals surface area contributed by atoms with Gasteiger partial charge in [-0.25, -0.2) is 4.79 Å². The highest BCUT2D eigenvalue weighted by Crippen LogP contribution is 2.35. The minimum Gasteiger partial charge on any atom is -0.480 e. The second kappa shape index (κ2) is 6.71. The van der Waals surface area contributed by atoms with E-state index in [-0.39, 0.29) is 11.3 Å². The van der Waals surface area contributed by atoms with Gasteiger partial charge in [-0.3, -0.25) is 4.79 Å². The van der Waals surface area contributed by atoms with Gasteiger partial charge in [0.25, 0.3) is 5.91 Å². The van der Waals surface area contributed by atoms with Gasteiger partial charge in [0.05, 0.1) is 16.0 Å². The van der Waals surface area contributed by atoms with E-state index in [1.54, 1.807) is 12.1 Å². The minimum atomic E-state index is -0.960. The van der Waals surface area contributed by atoms with Crippen LogP contribution in [0.15, 0.2) is 18.2 Å². The number of carbonyl (C=O) groups is 2. The summed E-state index contributed by atoms with van der Waals surface area (Å²) in [5, 5.41) is 9.65. The number of hydrogen-bond donors (Lipinski definition) is 1. The molecule has 1 saturated heterocycles. The number of hydrogen-bond acceptors (Lipinski definition) is 3. The fourth-order valence-electron chi connectivity index (χ4n) is 2.45. The number of aliphatic carboxylic acids is 1. The molecule has 1 aliphatic rings. The van der Waals surface area contributed by atoms with Crippen molar-refractivity contribution in [1.29, 1.82) is 0 Å². The molecule has 1 aliphatic heterocycles. The number of aryl methyl sites for hydroxylation is 1. The Morgan fingerprint density at radius 1 is 1.48 bits per heavy atom. The molecular formula is C15H18ClNO3S. The molecule has 0 aliphatic carbocycles. The second-order valence-corrected chi connectivity index (χ2v) is 6.67. The molecule has 21 heavy (non-hydrogen) atoms. The zero-order valence-corrected chi connectivity index (χ0v) is 13.6. The molecule has 0 radical (unpaired) electrons. The van der Waals surface area contributed by atoms with Crippen molar-refractivity contribution in [2.45, 2.75) is 38.1 Å². The van der Waals surface area contributed by atoms with Crippen LogP contribution in [0.5, 0.6) is 0 Å². The molecule has 1 aromatic rings. The maximum atomic E-state index is 12.8. The van der Waals surface area contributed by atoms with E-state index >= 15 is 0 Å². The van der Waals surface area contributed by atoms with Crippen LogP contribution in [0.3, 0.4) is 0 Å². The van der Waals surface area contributed by atoms with Crippen LogP contribution < -0.4 is 0 Å². The van der Waals surface area contributed by atoms with Crippen molar-refractivity contribution in [3.8, 4) is 0 Å². The van der Waals surface area contributed by atoms with Crippen molar-refractivity contribution < 1.29 is 14.7 Å². The van der Waals surface area contributed by atoms with Crippen LogP contribution in [-0.2, 0) is 4.79 Å². The van der Waals surface area contributed by atoms with E-state index < -0.39 is 12.0 Å². The predicted molar refractivity (Wildman–Crippen MR) is 84.9 cm³/mol. The van der Waals surface area contributed by atoms with Crippen molar-refractivity contribution in [2.24, 2.45) is 0 Å². The minimum absolute atomic E-state index is 0.0971. The second-order valence-electron chi connectivity index (χ2n) is 5.08. The molecule has 1 amide bonds.